The molecule has 0 bridgehead atoms. The Morgan fingerprint density at radius 2 is 2.45 bits per heavy atom. The van der Waals surface area contributed by atoms with Crippen LogP contribution in [0.3, 0.4) is 0 Å². The van der Waals surface area contributed by atoms with E-state index in [1.165, 1.54) is 18.5 Å². The molecular formula is C10H13N. The zero-order valence-electron chi connectivity index (χ0n) is 6.83. The number of rotatable bonds is 2. The SMILES string of the molecule is CC[C@H]1C[C@@H]1c1ccccn1. The fourth-order valence-electron chi connectivity index (χ4n) is 1.66. The van der Waals surface area contributed by atoms with Crippen LogP contribution in [0.1, 0.15) is 31.4 Å². The summed E-state index contributed by atoms with van der Waals surface area (Å²) in [5.41, 5.74) is 1.29. The van der Waals surface area contributed by atoms with Crippen molar-refractivity contribution in [3.63, 3.8) is 0 Å². The Morgan fingerprint density at radius 1 is 1.55 bits per heavy atom. The molecule has 0 saturated heterocycles. The normalized spacial score (nSPS) is 28.5. The lowest BCUT2D eigenvalue weighted by Gasteiger charge is -1.95. The fraction of sp³-hybridized carbons (Fsp3) is 0.500. The summed E-state index contributed by atoms with van der Waals surface area (Å²) in [6.45, 7) is 2.26. The van der Waals surface area contributed by atoms with Crippen molar-refractivity contribution >= 4 is 0 Å². The van der Waals surface area contributed by atoms with E-state index in [1.807, 2.05) is 12.3 Å². The van der Waals surface area contributed by atoms with Crippen molar-refractivity contribution in [1.29, 1.82) is 0 Å². The van der Waals surface area contributed by atoms with Gasteiger partial charge in [-0.25, -0.2) is 0 Å². The summed E-state index contributed by atoms with van der Waals surface area (Å²) < 4.78 is 0. The molecule has 0 radical (unpaired) electrons. The summed E-state index contributed by atoms with van der Waals surface area (Å²) >= 11 is 0. The first kappa shape index (κ1) is 6.84. The van der Waals surface area contributed by atoms with Crippen LogP contribution >= 0.6 is 0 Å². The number of aromatic nitrogens is 1. The molecule has 1 heteroatoms. The molecule has 2 atom stereocenters. The van der Waals surface area contributed by atoms with Crippen molar-refractivity contribution in [2.45, 2.75) is 25.7 Å². The molecule has 0 N–H and O–H groups in total. The van der Waals surface area contributed by atoms with Crippen molar-refractivity contribution in [3.8, 4) is 0 Å². The summed E-state index contributed by atoms with van der Waals surface area (Å²) in [6, 6.07) is 6.19. The lowest BCUT2D eigenvalue weighted by Crippen LogP contribution is -1.85. The molecule has 0 unspecified atom stereocenters. The molecule has 11 heavy (non-hydrogen) atoms. The van der Waals surface area contributed by atoms with Gasteiger partial charge in [0.15, 0.2) is 0 Å². The van der Waals surface area contributed by atoms with Crippen molar-refractivity contribution in [1.82, 2.24) is 4.98 Å². The van der Waals surface area contributed by atoms with Gasteiger partial charge in [0.05, 0.1) is 0 Å². The first-order chi connectivity index (χ1) is 5.42. The predicted octanol–water partition coefficient (Wildman–Crippen LogP) is 2.60. The summed E-state index contributed by atoms with van der Waals surface area (Å²) in [4.78, 5) is 4.34. The Balaban J connectivity index is 2.09. The van der Waals surface area contributed by atoms with Crippen LogP contribution in [0, 0.1) is 5.92 Å². The van der Waals surface area contributed by atoms with Crippen LogP contribution in [0.5, 0.6) is 0 Å². The van der Waals surface area contributed by atoms with Gasteiger partial charge in [-0.1, -0.05) is 19.4 Å². The molecule has 1 heterocycles. The first-order valence-corrected chi connectivity index (χ1v) is 4.32. The lowest BCUT2D eigenvalue weighted by atomic mass is 10.2. The highest BCUT2D eigenvalue weighted by molar-refractivity contribution is 5.17. The van der Waals surface area contributed by atoms with Crippen LogP contribution in [0.15, 0.2) is 24.4 Å². The largest absolute Gasteiger partial charge is 0.261 e. The highest BCUT2D eigenvalue weighted by atomic mass is 14.7. The minimum atomic E-state index is 0.779. The maximum Gasteiger partial charge on any atom is 0.0437 e. The minimum Gasteiger partial charge on any atom is -0.261 e. The highest BCUT2D eigenvalue weighted by Gasteiger charge is 2.37. The summed E-state index contributed by atoms with van der Waals surface area (Å²) in [6.07, 6.45) is 4.55. The smallest absolute Gasteiger partial charge is 0.0437 e. The van der Waals surface area contributed by atoms with E-state index in [0.717, 1.165) is 11.8 Å². The number of nitrogens with zero attached hydrogens (tertiary/aromatic N) is 1. The van der Waals surface area contributed by atoms with Crippen molar-refractivity contribution in [2.24, 2.45) is 5.92 Å². The quantitative estimate of drug-likeness (QED) is 0.626. The molecule has 1 aliphatic rings. The topological polar surface area (TPSA) is 12.9 Å². The van der Waals surface area contributed by atoms with E-state index < -0.39 is 0 Å². The molecule has 1 saturated carbocycles. The predicted molar refractivity (Wildman–Crippen MR) is 45.4 cm³/mol. The van der Waals surface area contributed by atoms with Crippen molar-refractivity contribution < 1.29 is 0 Å². The molecule has 0 amide bonds. The van der Waals surface area contributed by atoms with E-state index in [4.69, 9.17) is 0 Å². The number of hydrogen-bond acceptors (Lipinski definition) is 1. The van der Waals surface area contributed by atoms with Gasteiger partial charge in [0.25, 0.3) is 0 Å². The first-order valence-electron chi connectivity index (χ1n) is 4.32. The third-order valence-corrected chi connectivity index (χ3v) is 2.51. The van der Waals surface area contributed by atoms with Crippen LogP contribution in [-0.4, -0.2) is 4.98 Å². The van der Waals surface area contributed by atoms with Gasteiger partial charge in [-0.2, -0.15) is 0 Å². The van der Waals surface area contributed by atoms with Gasteiger partial charge in [-0.3, -0.25) is 4.98 Å². The van der Waals surface area contributed by atoms with E-state index in [0.29, 0.717) is 0 Å². The molecule has 2 rings (SSSR count). The summed E-state index contributed by atoms with van der Waals surface area (Å²) in [7, 11) is 0. The second-order valence-corrected chi connectivity index (χ2v) is 3.27. The van der Waals surface area contributed by atoms with E-state index in [9.17, 15) is 0 Å². The Morgan fingerprint density at radius 3 is 3.00 bits per heavy atom. The maximum absolute atomic E-state index is 4.34. The fourth-order valence-corrected chi connectivity index (χ4v) is 1.66. The van der Waals surface area contributed by atoms with Gasteiger partial charge in [0.2, 0.25) is 0 Å². The van der Waals surface area contributed by atoms with Crippen LogP contribution < -0.4 is 0 Å². The van der Waals surface area contributed by atoms with Crippen LogP contribution in [0.2, 0.25) is 0 Å². The van der Waals surface area contributed by atoms with Crippen LogP contribution in [0.25, 0.3) is 0 Å². The van der Waals surface area contributed by atoms with Gasteiger partial charge < -0.3 is 0 Å². The van der Waals surface area contributed by atoms with Crippen LogP contribution in [-0.2, 0) is 0 Å². The zero-order chi connectivity index (χ0) is 7.68. The zero-order valence-corrected chi connectivity index (χ0v) is 6.83. The van der Waals surface area contributed by atoms with Crippen molar-refractivity contribution in [2.75, 3.05) is 0 Å². The van der Waals surface area contributed by atoms with Gasteiger partial charge >= 0.3 is 0 Å². The van der Waals surface area contributed by atoms with Gasteiger partial charge in [-0.15, -0.1) is 0 Å². The molecular weight excluding hydrogens is 134 g/mol. The maximum atomic E-state index is 4.34. The Kier molecular flexibility index (Phi) is 1.65. The van der Waals surface area contributed by atoms with E-state index >= 15 is 0 Å². The molecule has 0 aliphatic heterocycles. The van der Waals surface area contributed by atoms with Crippen molar-refractivity contribution in [3.05, 3.63) is 30.1 Å². The standard InChI is InChI=1S/C10H13N/c1-2-8-7-9(8)10-5-3-4-6-11-10/h3-6,8-9H,2,7H2,1H3/t8-,9-/m0/s1. The molecule has 1 nitrogen and oxygen atoms in total. The molecule has 1 aromatic rings. The van der Waals surface area contributed by atoms with Gasteiger partial charge in [0.1, 0.15) is 0 Å². The summed E-state index contributed by atoms with van der Waals surface area (Å²) in [5, 5.41) is 0. The Labute approximate surface area is 67.5 Å². The second kappa shape index (κ2) is 2.65. The number of pyridine rings is 1. The highest BCUT2D eigenvalue weighted by Crippen LogP contribution is 2.48. The van der Waals surface area contributed by atoms with E-state index in [1.54, 1.807) is 0 Å². The Bertz CT molecular complexity index is 230. The van der Waals surface area contributed by atoms with Gasteiger partial charge in [0, 0.05) is 17.8 Å². The van der Waals surface area contributed by atoms with Crippen LogP contribution in [0.4, 0.5) is 0 Å². The molecule has 0 aromatic carbocycles. The molecule has 0 spiro atoms. The number of hydrogen-bond donors (Lipinski definition) is 0. The third-order valence-electron chi connectivity index (χ3n) is 2.51. The van der Waals surface area contributed by atoms with Gasteiger partial charge in [-0.05, 0) is 24.5 Å². The second-order valence-electron chi connectivity index (χ2n) is 3.27. The van der Waals surface area contributed by atoms with E-state index in [-0.39, 0.29) is 0 Å². The third kappa shape index (κ3) is 1.28. The average molecular weight is 147 g/mol. The minimum absolute atomic E-state index is 0.779. The molecule has 1 fully saturated rings. The molecule has 1 aliphatic carbocycles. The monoisotopic (exact) mass is 147 g/mol. The van der Waals surface area contributed by atoms with E-state index in [2.05, 4.69) is 24.0 Å². The molecule has 58 valence electrons. The summed E-state index contributed by atoms with van der Waals surface area (Å²) in [5.74, 6) is 1.70. The lowest BCUT2D eigenvalue weighted by molar-refractivity contribution is 0.756. The molecule has 1 aromatic heterocycles. The average Bonchev–Trinajstić information content (AvgIpc) is 2.85. The Hall–Kier alpha value is -0.850.